The van der Waals surface area contributed by atoms with Crippen LogP contribution < -0.4 is 0 Å². The zero-order valence-electron chi connectivity index (χ0n) is 11.2. The zero-order chi connectivity index (χ0) is 13.7. The van der Waals surface area contributed by atoms with Gasteiger partial charge in [0.2, 0.25) is 0 Å². The second-order valence-corrected chi connectivity index (χ2v) is 6.44. The molecule has 1 heterocycles. The van der Waals surface area contributed by atoms with E-state index in [9.17, 15) is 14.7 Å². The minimum atomic E-state index is -0.602. The molecule has 0 aromatic heterocycles. The topological polar surface area (TPSA) is 72.8 Å². The average Bonchev–Trinajstić information content (AvgIpc) is 2.45. The summed E-state index contributed by atoms with van der Waals surface area (Å²) < 4.78 is 10.4. The first kappa shape index (κ1) is 13.3. The Kier molecular flexibility index (Phi) is 2.93. The zero-order valence-corrected chi connectivity index (χ0v) is 11.2. The summed E-state index contributed by atoms with van der Waals surface area (Å²) in [6, 6.07) is 0. The predicted molar refractivity (Wildman–Crippen MR) is 62.5 cm³/mol. The quantitative estimate of drug-likeness (QED) is 0.743. The number of aliphatic hydroxyl groups excluding tert-OH is 1. The predicted octanol–water partition coefficient (Wildman–Crippen LogP) is 0.888. The van der Waals surface area contributed by atoms with E-state index in [0.717, 1.165) is 0 Å². The number of carbonyl (C=O) groups is 2. The van der Waals surface area contributed by atoms with E-state index >= 15 is 0 Å². The molecule has 0 amide bonds. The smallest absolute Gasteiger partial charge is 0.311 e. The van der Waals surface area contributed by atoms with Crippen LogP contribution in [0.4, 0.5) is 0 Å². The van der Waals surface area contributed by atoms with E-state index < -0.39 is 23.0 Å². The Morgan fingerprint density at radius 3 is 2.67 bits per heavy atom. The Morgan fingerprint density at radius 2 is 2.17 bits per heavy atom. The van der Waals surface area contributed by atoms with Crippen LogP contribution in [0.1, 0.15) is 34.1 Å². The third kappa shape index (κ3) is 1.81. The fourth-order valence-corrected chi connectivity index (χ4v) is 2.52. The van der Waals surface area contributed by atoms with Gasteiger partial charge in [-0.15, -0.1) is 0 Å². The maximum atomic E-state index is 11.7. The van der Waals surface area contributed by atoms with E-state index in [1.54, 1.807) is 20.8 Å². The van der Waals surface area contributed by atoms with Gasteiger partial charge in [0.25, 0.3) is 0 Å². The highest BCUT2D eigenvalue weighted by Crippen LogP contribution is 2.55. The average molecular weight is 256 g/mol. The molecule has 0 spiro atoms. The van der Waals surface area contributed by atoms with Gasteiger partial charge in [-0.05, 0) is 27.2 Å². The van der Waals surface area contributed by atoms with E-state index in [-0.39, 0.29) is 24.5 Å². The molecule has 1 saturated carbocycles. The highest BCUT2D eigenvalue weighted by atomic mass is 16.6. The van der Waals surface area contributed by atoms with E-state index in [4.69, 9.17) is 9.47 Å². The van der Waals surface area contributed by atoms with Gasteiger partial charge in [0, 0.05) is 5.41 Å². The van der Waals surface area contributed by atoms with E-state index in [1.807, 2.05) is 6.92 Å². The Bertz CT molecular complexity index is 383. The number of carbonyl (C=O) groups excluding carboxylic acids is 2. The maximum Gasteiger partial charge on any atom is 0.311 e. The first-order chi connectivity index (χ1) is 8.17. The Hall–Kier alpha value is -1.10. The summed E-state index contributed by atoms with van der Waals surface area (Å²) in [6.45, 7) is 7.12. The summed E-state index contributed by atoms with van der Waals surface area (Å²) in [4.78, 5) is 23.2. The summed E-state index contributed by atoms with van der Waals surface area (Å²) in [5.41, 5.74) is -1.18. The van der Waals surface area contributed by atoms with Crippen molar-refractivity contribution in [3.63, 3.8) is 0 Å². The molecule has 18 heavy (non-hydrogen) atoms. The van der Waals surface area contributed by atoms with Crippen molar-refractivity contribution in [2.45, 2.75) is 46.3 Å². The number of aliphatic hydroxyl groups is 1. The molecule has 102 valence electrons. The van der Waals surface area contributed by atoms with E-state index in [1.165, 1.54) is 0 Å². The second kappa shape index (κ2) is 3.95. The largest absolute Gasteiger partial charge is 0.461 e. The molecule has 1 aliphatic carbocycles. The summed E-state index contributed by atoms with van der Waals surface area (Å²) in [6.07, 6.45) is -0.656. The van der Waals surface area contributed by atoms with Crippen molar-refractivity contribution in [3.05, 3.63) is 0 Å². The molecular formula is C13H20O5. The standard InChI is InChI=1S/C13H20O5/c1-12(2,3)11(16)17-6-9-13(4)7(5-8(13)14)10(15)18-9/h7-9,14H,5-6H2,1-4H3/t7-,8+,9-,13+/m1/s1. The van der Waals surface area contributed by atoms with Gasteiger partial charge in [-0.1, -0.05) is 6.92 Å². The highest BCUT2D eigenvalue weighted by molar-refractivity contribution is 5.78. The third-order valence-corrected chi connectivity index (χ3v) is 4.14. The number of hydrogen-bond donors (Lipinski definition) is 1. The minimum absolute atomic E-state index is 0.0197. The van der Waals surface area contributed by atoms with Gasteiger partial charge in [0.05, 0.1) is 17.4 Å². The Morgan fingerprint density at radius 1 is 1.56 bits per heavy atom. The number of hydrogen-bond acceptors (Lipinski definition) is 5. The normalized spacial score (nSPS) is 38.7. The van der Waals surface area contributed by atoms with Crippen LogP contribution in [0.5, 0.6) is 0 Å². The molecule has 1 N–H and O–H groups in total. The SMILES string of the molecule is CC(C)(C)C(=O)OC[C@H]1OC(=O)[C@H]2C[C@H](O)[C@]21C. The molecule has 1 aliphatic heterocycles. The molecule has 0 unspecified atom stereocenters. The first-order valence-electron chi connectivity index (χ1n) is 6.23. The van der Waals surface area contributed by atoms with Gasteiger partial charge < -0.3 is 14.6 Å². The molecule has 0 aromatic carbocycles. The van der Waals surface area contributed by atoms with Crippen molar-refractivity contribution >= 4 is 11.9 Å². The molecule has 4 atom stereocenters. The molecule has 2 rings (SSSR count). The lowest BCUT2D eigenvalue weighted by atomic mass is 9.58. The highest BCUT2D eigenvalue weighted by Gasteiger charge is 2.65. The van der Waals surface area contributed by atoms with Gasteiger partial charge in [-0.25, -0.2) is 0 Å². The van der Waals surface area contributed by atoms with Crippen LogP contribution in [0, 0.1) is 16.7 Å². The first-order valence-corrected chi connectivity index (χ1v) is 6.23. The summed E-state index contributed by atoms with van der Waals surface area (Å²) in [5, 5.41) is 9.82. The number of fused-ring (bicyclic) bond motifs is 1. The lowest BCUT2D eigenvalue weighted by molar-refractivity contribution is -0.165. The summed E-state index contributed by atoms with van der Waals surface area (Å²) >= 11 is 0. The van der Waals surface area contributed by atoms with Gasteiger partial charge >= 0.3 is 11.9 Å². The van der Waals surface area contributed by atoms with Crippen LogP contribution in [0.25, 0.3) is 0 Å². The molecule has 0 aromatic rings. The molecule has 0 bridgehead atoms. The Balaban J connectivity index is 1.99. The van der Waals surface area contributed by atoms with Crippen molar-refractivity contribution in [1.29, 1.82) is 0 Å². The second-order valence-electron chi connectivity index (χ2n) is 6.44. The molecule has 2 aliphatic rings. The van der Waals surface area contributed by atoms with Gasteiger partial charge in [0.15, 0.2) is 0 Å². The van der Waals surface area contributed by atoms with Gasteiger partial charge in [0.1, 0.15) is 12.7 Å². The fraction of sp³-hybridized carbons (Fsp3) is 0.846. The van der Waals surface area contributed by atoms with Crippen LogP contribution in [-0.2, 0) is 19.1 Å². The van der Waals surface area contributed by atoms with Crippen molar-refractivity contribution in [1.82, 2.24) is 0 Å². The molecule has 0 radical (unpaired) electrons. The monoisotopic (exact) mass is 256 g/mol. The third-order valence-electron chi connectivity index (χ3n) is 4.14. The number of rotatable bonds is 2. The minimum Gasteiger partial charge on any atom is -0.461 e. The van der Waals surface area contributed by atoms with Crippen LogP contribution in [0.3, 0.4) is 0 Å². The molecular weight excluding hydrogens is 236 g/mol. The van der Waals surface area contributed by atoms with Gasteiger partial charge in [-0.2, -0.15) is 0 Å². The van der Waals surface area contributed by atoms with Crippen molar-refractivity contribution in [3.8, 4) is 0 Å². The van der Waals surface area contributed by atoms with Crippen molar-refractivity contribution in [2.75, 3.05) is 6.61 Å². The number of cyclic esters (lactones) is 1. The van der Waals surface area contributed by atoms with Crippen molar-refractivity contribution < 1.29 is 24.2 Å². The van der Waals surface area contributed by atoms with E-state index in [0.29, 0.717) is 6.42 Å². The Labute approximate surface area is 106 Å². The molecule has 1 saturated heterocycles. The van der Waals surface area contributed by atoms with Crippen LogP contribution in [0.2, 0.25) is 0 Å². The van der Waals surface area contributed by atoms with Gasteiger partial charge in [-0.3, -0.25) is 9.59 Å². The van der Waals surface area contributed by atoms with Crippen LogP contribution in [-0.4, -0.2) is 35.9 Å². The van der Waals surface area contributed by atoms with E-state index in [2.05, 4.69) is 0 Å². The molecule has 5 nitrogen and oxygen atoms in total. The number of esters is 2. The maximum absolute atomic E-state index is 11.7. The lowest BCUT2D eigenvalue weighted by Gasteiger charge is -2.46. The van der Waals surface area contributed by atoms with Crippen LogP contribution >= 0.6 is 0 Å². The van der Waals surface area contributed by atoms with Crippen LogP contribution in [0.15, 0.2) is 0 Å². The summed E-state index contributed by atoms with van der Waals surface area (Å²) in [5.74, 6) is -0.884. The molecule has 5 heteroatoms. The molecule has 2 fully saturated rings. The summed E-state index contributed by atoms with van der Waals surface area (Å²) in [7, 11) is 0. The lowest BCUT2D eigenvalue weighted by Crippen LogP contribution is -2.56. The fourth-order valence-electron chi connectivity index (χ4n) is 2.52. The number of ether oxygens (including phenoxy) is 2. The van der Waals surface area contributed by atoms with Crippen molar-refractivity contribution in [2.24, 2.45) is 16.7 Å².